The van der Waals surface area contributed by atoms with Crippen molar-refractivity contribution in [2.24, 2.45) is 0 Å². The van der Waals surface area contributed by atoms with E-state index in [9.17, 15) is 14.4 Å². The highest BCUT2D eigenvalue weighted by molar-refractivity contribution is 6.22. The second-order valence-corrected chi connectivity index (χ2v) is 9.19. The van der Waals surface area contributed by atoms with E-state index in [0.717, 1.165) is 23.6 Å². The first-order valence-electron chi connectivity index (χ1n) is 12.3. The minimum Gasteiger partial charge on any atom is -0.374 e. The maximum Gasteiger partial charge on any atom is 0.262 e. The predicted octanol–water partition coefficient (Wildman–Crippen LogP) is 2.91. The third-order valence-electron chi connectivity index (χ3n) is 6.69. The van der Waals surface area contributed by atoms with Crippen LogP contribution in [0, 0.1) is 0 Å². The Bertz CT molecular complexity index is 1200. The second kappa shape index (κ2) is 10.8. The quantitative estimate of drug-likeness (QED) is 0.499. The molecule has 0 aromatic heterocycles. The van der Waals surface area contributed by atoms with E-state index in [4.69, 9.17) is 4.74 Å². The van der Waals surface area contributed by atoms with Gasteiger partial charge in [0, 0.05) is 32.6 Å². The molecule has 2 aliphatic heterocycles. The smallest absolute Gasteiger partial charge is 0.262 e. The Balaban J connectivity index is 1.28. The van der Waals surface area contributed by atoms with E-state index >= 15 is 0 Å². The number of carbonyl (C=O) groups excluding carboxylic acids is 3. The van der Waals surface area contributed by atoms with Gasteiger partial charge in [-0.25, -0.2) is 0 Å². The van der Waals surface area contributed by atoms with Crippen molar-refractivity contribution in [3.05, 3.63) is 107 Å². The van der Waals surface area contributed by atoms with Crippen molar-refractivity contribution in [3.63, 3.8) is 0 Å². The topological polar surface area (TPSA) is 79.0 Å². The van der Waals surface area contributed by atoms with E-state index in [2.05, 4.69) is 22.3 Å². The molecule has 3 aromatic rings. The Kier molecular flexibility index (Phi) is 7.21. The minimum atomic E-state index is -0.955. The number of ether oxygens (including phenoxy) is 1. The summed E-state index contributed by atoms with van der Waals surface area (Å²) in [5, 5.41) is 2.97. The highest BCUT2D eigenvalue weighted by Gasteiger charge is 2.42. The van der Waals surface area contributed by atoms with Crippen molar-refractivity contribution >= 4 is 17.7 Å². The van der Waals surface area contributed by atoms with E-state index in [1.807, 2.05) is 48.5 Å². The van der Waals surface area contributed by atoms with Gasteiger partial charge in [0.25, 0.3) is 11.8 Å². The number of hydrogen-bond donors (Lipinski definition) is 1. The minimum absolute atomic E-state index is 0.175. The number of carbonyl (C=O) groups is 3. The van der Waals surface area contributed by atoms with Gasteiger partial charge in [0.2, 0.25) is 5.91 Å². The summed E-state index contributed by atoms with van der Waals surface area (Å²) in [6.45, 7) is 3.22. The Labute approximate surface area is 210 Å². The molecule has 0 radical (unpaired) electrons. The van der Waals surface area contributed by atoms with Crippen LogP contribution in [0.25, 0.3) is 0 Å². The fourth-order valence-corrected chi connectivity index (χ4v) is 4.85. The molecule has 0 spiro atoms. The Morgan fingerprint density at radius 2 is 1.44 bits per heavy atom. The molecule has 5 rings (SSSR count). The zero-order chi connectivity index (χ0) is 24.9. The number of amides is 3. The van der Waals surface area contributed by atoms with Crippen LogP contribution in [0.5, 0.6) is 0 Å². The lowest BCUT2D eigenvalue weighted by Crippen LogP contribution is -2.53. The first-order chi connectivity index (χ1) is 17.6. The van der Waals surface area contributed by atoms with Crippen LogP contribution in [0.1, 0.15) is 31.8 Å². The van der Waals surface area contributed by atoms with E-state index in [1.165, 1.54) is 5.56 Å². The maximum absolute atomic E-state index is 13.5. The van der Waals surface area contributed by atoms with Crippen LogP contribution >= 0.6 is 0 Å². The van der Waals surface area contributed by atoms with Gasteiger partial charge in [0.1, 0.15) is 6.04 Å². The van der Waals surface area contributed by atoms with Crippen LogP contribution < -0.4 is 5.32 Å². The molecule has 2 atom stereocenters. The van der Waals surface area contributed by atoms with Crippen LogP contribution in [-0.2, 0) is 22.5 Å². The molecule has 36 heavy (non-hydrogen) atoms. The number of rotatable bonds is 8. The van der Waals surface area contributed by atoms with Gasteiger partial charge in [-0.15, -0.1) is 0 Å². The molecule has 7 nitrogen and oxygen atoms in total. The molecular formula is C29H29N3O4. The number of nitrogens with zero attached hydrogens (tertiary/aromatic N) is 2. The molecule has 1 N–H and O–H groups in total. The monoisotopic (exact) mass is 483 g/mol. The van der Waals surface area contributed by atoms with Gasteiger partial charge >= 0.3 is 0 Å². The Morgan fingerprint density at radius 1 is 0.861 bits per heavy atom. The van der Waals surface area contributed by atoms with Crippen molar-refractivity contribution in [1.82, 2.24) is 15.1 Å². The van der Waals surface area contributed by atoms with Gasteiger partial charge in [-0.2, -0.15) is 0 Å². The normalized spacial score (nSPS) is 18.7. The lowest BCUT2D eigenvalue weighted by atomic mass is 10.0. The summed E-state index contributed by atoms with van der Waals surface area (Å²) in [5.74, 6) is -1.23. The number of imide groups is 1. The molecule has 3 amide bonds. The number of nitrogens with one attached hydrogen (secondary N) is 1. The van der Waals surface area contributed by atoms with Crippen LogP contribution in [0.15, 0.2) is 84.9 Å². The summed E-state index contributed by atoms with van der Waals surface area (Å²) in [6, 6.07) is 25.4. The van der Waals surface area contributed by atoms with Crippen LogP contribution in [-0.4, -0.2) is 65.9 Å². The molecular weight excluding hydrogens is 454 g/mol. The molecule has 1 fully saturated rings. The van der Waals surface area contributed by atoms with E-state index in [-0.39, 0.29) is 18.4 Å². The number of fused-ring (bicyclic) bond motifs is 1. The molecule has 3 aromatic carbocycles. The lowest BCUT2D eigenvalue weighted by molar-refractivity contribution is -0.126. The summed E-state index contributed by atoms with van der Waals surface area (Å²) >= 11 is 0. The fourth-order valence-electron chi connectivity index (χ4n) is 4.85. The van der Waals surface area contributed by atoms with Crippen molar-refractivity contribution in [2.45, 2.75) is 25.1 Å². The average Bonchev–Trinajstić information content (AvgIpc) is 3.17. The highest BCUT2D eigenvalue weighted by atomic mass is 16.5. The Morgan fingerprint density at radius 3 is 2.08 bits per heavy atom. The summed E-state index contributed by atoms with van der Waals surface area (Å²) in [5.41, 5.74) is 2.77. The van der Waals surface area contributed by atoms with Gasteiger partial charge in [-0.05, 0) is 23.3 Å². The third-order valence-corrected chi connectivity index (χ3v) is 6.69. The zero-order valence-corrected chi connectivity index (χ0v) is 20.0. The predicted molar refractivity (Wildman–Crippen MR) is 135 cm³/mol. The van der Waals surface area contributed by atoms with Crippen molar-refractivity contribution in [3.8, 4) is 0 Å². The standard InChI is InChI=1S/C29H29N3O4/c33-27(30-18-23-20-31(15-16-36-23)19-22-11-5-2-6-12-22)26(17-21-9-3-1-4-10-21)32-28(34)24-13-7-8-14-25(24)29(32)35/h1-14,23,26H,15-20H2,(H,30,33)/t23?,26-/m0/s1. The first kappa shape index (κ1) is 23.9. The van der Waals surface area contributed by atoms with Gasteiger partial charge in [0.15, 0.2) is 0 Å². The lowest BCUT2D eigenvalue weighted by Gasteiger charge is -2.33. The molecule has 1 unspecified atom stereocenters. The Hall–Kier alpha value is -3.81. The van der Waals surface area contributed by atoms with Crippen LogP contribution in [0.4, 0.5) is 0 Å². The van der Waals surface area contributed by atoms with Gasteiger partial charge < -0.3 is 10.1 Å². The second-order valence-electron chi connectivity index (χ2n) is 9.19. The maximum atomic E-state index is 13.5. The van der Waals surface area contributed by atoms with E-state index in [1.54, 1.807) is 24.3 Å². The largest absolute Gasteiger partial charge is 0.374 e. The SMILES string of the molecule is O=C(NCC1CN(Cc2ccccc2)CCO1)[C@H](Cc1ccccc1)N1C(=O)c2ccccc2C1=O. The number of morpholine rings is 1. The molecule has 2 heterocycles. The first-order valence-corrected chi connectivity index (χ1v) is 12.3. The summed E-state index contributed by atoms with van der Waals surface area (Å²) in [4.78, 5) is 43.2. The zero-order valence-electron chi connectivity index (χ0n) is 20.0. The summed E-state index contributed by atoms with van der Waals surface area (Å²) in [7, 11) is 0. The molecule has 1 saturated heterocycles. The highest BCUT2D eigenvalue weighted by Crippen LogP contribution is 2.26. The molecule has 184 valence electrons. The number of benzene rings is 3. The molecule has 0 saturated carbocycles. The van der Waals surface area contributed by atoms with Gasteiger partial charge in [0.05, 0.1) is 23.8 Å². The van der Waals surface area contributed by atoms with E-state index < -0.39 is 17.9 Å². The summed E-state index contributed by atoms with van der Waals surface area (Å²) in [6.07, 6.45) is 0.0648. The fraction of sp³-hybridized carbons (Fsp3) is 0.276. The van der Waals surface area contributed by atoms with Crippen LogP contribution in [0.2, 0.25) is 0 Å². The van der Waals surface area contributed by atoms with Crippen molar-refractivity contribution in [2.75, 3.05) is 26.2 Å². The third kappa shape index (κ3) is 5.22. The van der Waals surface area contributed by atoms with Crippen LogP contribution in [0.3, 0.4) is 0 Å². The molecule has 2 aliphatic rings. The van der Waals surface area contributed by atoms with Crippen molar-refractivity contribution < 1.29 is 19.1 Å². The summed E-state index contributed by atoms with van der Waals surface area (Å²) < 4.78 is 5.91. The van der Waals surface area contributed by atoms with Gasteiger partial charge in [-0.1, -0.05) is 72.8 Å². The molecule has 7 heteroatoms. The molecule has 0 bridgehead atoms. The van der Waals surface area contributed by atoms with Crippen molar-refractivity contribution in [1.29, 1.82) is 0 Å². The van der Waals surface area contributed by atoms with Gasteiger partial charge in [-0.3, -0.25) is 24.2 Å². The molecule has 0 aliphatic carbocycles. The van der Waals surface area contributed by atoms with E-state index in [0.29, 0.717) is 30.8 Å². The average molecular weight is 484 g/mol. The number of hydrogen-bond acceptors (Lipinski definition) is 5.